The first-order valence-electron chi connectivity index (χ1n) is 7.55. The number of hydrogen-bond acceptors (Lipinski definition) is 5. The van der Waals surface area contributed by atoms with Gasteiger partial charge in [0.15, 0.2) is 0 Å². The number of rotatable bonds is 5. The molecule has 0 aliphatic heterocycles. The van der Waals surface area contributed by atoms with Crippen molar-refractivity contribution in [2.45, 2.75) is 24.7 Å². The molecule has 0 atom stereocenters. The third-order valence-electron chi connectivity index (χ3n) is 3.55. The Morgan fingerprint density at radius 1 is 1.00 bits per heavy atom. The average Bonchev–Trinajstić information content (AvgIpc) is 2.55. The van der Waals surface area contributed by atoms with Crippen LogP contribution in [0.15, 0.2) is 68.7 Å². The van der Waals surface area contributed by atoms with Crippen LogP contribution in [0.1, 0.15) is 18.9 Å². The molecule has 3 aromatic rings. The van der Waals surface area contributed by atoms with Gasteiger partial charge in [0.1, 0.15) is 16.2 Å². The number of fused-ring (bicyclic) bond motifs is 1. The van der Waals surface area contributed by atoms with E-state index < -0.39 is 15.7 Å². The molecular weight excluding hydrogens is 328 g/mol. The molecule has 3 rings (SSSR count). The van der Waals surface area contributed by atoms with E-state index in [1.807, 2.05) is 0 Å². The van der Waals surface area contributed by atoms with E-state index in [-0.39, 0.29) is 16.2 Å². The second-order valence-electron chi connectivity index (χ2n) is 5.39. The molecule has 6 heteroatoms. The molecule has 0 saturated carbocycles. The van der Waals surface area contributed by atoms with Gasteiger partial charge in [-0.25, -0.2) is 4.79 Å². The molecule has 0 N–H and O–H groups in total. The van der Waals surface area contributed by atoms with Crippen molar-refractivity contribution in [2.24, 2.45) is 0 Å². The van der Waals surface area contributed by atoms with Crippen LogP contribution in [0.4, 0.5) is 0 Å². The van der Waals surface area contributed by atoms with Crippen molar-refractivity contribution in [3.05, 3.63) is 70.6 Å². The third-order valence-corrected chi connectivity index (χ3v) is 4.81. The Balaban J connectivity index is 1.89. The third kappa shape index (κ3) is 3.49. The van der Waals surface area contributed by atoms with Crippen molar-refractivity contribution in [1.29, 1.82) is 0 Å². The number of aryl methyl sites for hydroxylation is 1. The van der Waals surface area contributed by atoms with Gasteiger partial charge in [-0.2, -0.15) is 8.42 Å². The van der Waals surface area contributed by atoms with Gasteiger partial charge < -0.3 is 8.60 Å². The van der Waals surface area contributed by atoms with E-state index in [0.717, 1.165) is 18.4 Å². The second-order valence-corrected chi connectivity index (χ2v) is 6.93. The van der Waals surface area contributed by atoms with E-state index in [2.05, 4.69) is 6.92 Å². The normalized spacial score (nSPS) is 11.5. The standard InChI is InChI=1S/C18H16O5S/c1-2-3-13-4-9-16(10-5-13)24(20,21)23-15-8-6-14-7-11-18(19)22-17(14)12-15/h4-12H,2-3H2,1H3. The average molecular weight is 344 g/mol. The summed E-state index contributed by atoms with van der Waals surface area (Å²) in [6.45, 7) is 2.06. The Hall–Kier alpha value is -2.60. The molecule has 0 amide bonds. The van der Waals surface area contributed by atoms with E-state index in [1.54, 1.807) is 24.3 Å². The first kappa shape index (κ1) is 16.3. The van der Waals surface area contributed by atoms with Crippen LogP contribution in [0.3, 0.4) is 0 Å². The Kier molecular flexibility index (Phi) is 4.40. The summed E-state index contributed by atoms with van der Waals surface area (Å²) in [4.78, 5) is 11.3. The Labute approximate surface area is 139 Å². The summed E-state index contributed by atoms with van der Waals surface area (Å²) in [5, 5.41) is 0.684. The highest BCUT2D eigenvalue weighted by Gasteiger charge is 2.17. The molecule has 1 aromatic heterocycles. The predicted molar refractivity (Wildman–Crippen MR) is 90.7 cm³/mol. The Bertz CT molecular complexity index is 1020. The molecule has 1 heterocycles. The number of benzene rings is 2. The quantitative estimate of drug-likeness (QED) is 0.523. The topological polar surface area (TPSA) is 73.6 Å². The molecule has 0 spiro atoms. The summed E-state index contributed by atoms with van der Waals surface area (Å²) >= 11 is 0. The zero-order valence-electron chi connectivity index (χ0n) is 13.1. The van der Waals surface area contributed by atoms with E-state index in [0.29, 0.717) is 5.39 Å². The van der Waals surface area contributed by atoms with Crippen molar-refractivity contribution < 1.29 is 17.0 Å². The molecule has 124 valence electrons. The van der Waals surface area contributed by atoms with Gasteiger partial charge in [0.05, 0.1) is 0 Å². The first-order valence-corrected chi connectivity index (χ1v) is 8.96. The first-order chi connectivity index (χ1) is 11.5. The maximum absolute atomic E-state index is 12.4. The summed E-state index contributed by atoms with van der Waals surface area (Å²) in [7, 11) is -3.94. The van der Waals surface area contributed by atoms with Crippen molar-refractivity contribution in [3.63, 3.8) is 0 Å². The fraction of sp³-hybridized carbons (Fsp3) is 0.167. The summed E-state index contributed by atoms with van der Waals surface area (Å²) < 4.78 is 34.9. The van der Waals surface area contributed by atoms with Crippen LogP contribution in [0, 0.1) is 0 Å². The zero-order valence-corrected chi connectivity index (χ0v) is 13.9. The number of hydrogen-bond donors (Lipinski definition) is 0. The van der Waals surface area contributed by atoms with E-state index >= 15 is 0 Å². The van der Waals surface area contributed by atoms with Crippen LogP contribution in [-0.4, -0.2) is 8.42 Å². The molecule has 0 unspecified atom stereocenters. The highest BCUT2D eigenvalue weighted by molar-refractivity contribution is 7.87. The molecule has 2 aromatic carbocycles. The smallest absolute Gasteiger partial charge is 0.339 e. The van der Waals surface area contributed by atoms with Crippen molar-refractivity contribution >= 4 is 21.1 Å². The molecule has 5 nitrogen and oxygen atoms in total. The molecule has 0 radical (unpaired) electrons. The lowest BCUT2D eigenvalue weighted by Crippen LogP contribution is -2.09. The fourth-order valence-corrected chi connectivity index (χ4v) is 3.30. The van der Waals surface area contributed by atoms with E-state index in [9.17, 15) is 13.2 Å². The van der Waals surface area contributed by atoms with Gasteiger partial charge in [0, 0.05) is 17.5 Å². The van der Waals surface area contributed by atoms with Crippen LogP contribution in [0.25, 0.3) is 11.0 Å². The van der Waals surface area contributed by atoms with E-state index in [4.69, 9.17) is 8.60 Å². The molecule has 0 aliphatic rings. The minimum Gasteiger partial charge on any atom is -0.423 e. The Morgan fingerprint density at radius 3 is 2.42 bits per heavy atom. The summed E-state index contributed by atoms with van der Waals surface area (Å²) in [6.07, 6.45) is 1.88. The summed E-state index contributed by atoms with van der Waals surface area (Å²) in [5.74, 6) is 0.0921. The molecule has 0 bridgehead atoms. The van der Waals surface area contributed by atoms with Gasteiger partial charge in [-0.1, -0.05) is 25.5 Å². The van der Waals surface area contributed by atoms with Crippen molar-refractivity contribution in [2.75, 3.05) is 0 Å². The lowest BCUT2D eigenvalue weighted by molar-refractivity contribution is 0.485. The molecule has 24 heavy (non-hydrogen) atoms. The van der Waals surface area contributed by atoms with Gasteiger partial charge >= 0.3 is 15.7 Å². The minimum atomic E-state index is -3.94. The second kappa shape index (κ2) is 6.49. The van der Waals surface area contributed by atoms with Gasteiger partial charge in [0.2, 0.25) is 0 Å². The highest BCUT2D eigenvalue weighted by atomic mass is 32.2. The largest absolute Gasteiger partial charge is 0.423 e. The van der Waals surface area contributed by atoms with Gasteiger partial charge in [-0.3, -0.25) is 0 Å². The van der Waals surface area contributed by atoms with E-state index in [1.165, 1.54) is 30.3 Å². The van der Waals surface area contributed by atoms with Crippen molar-refractivity contribution in [3.8, 4) is 5.75 Å². The lowest BCUT2D eigenvalue weighted by Gasteiger charge is -2.08. The predicted octanol–water partition coefficient (Wildman–Crippen LogP) is 3.51. The van der Waals surface area contributed by atoms with Crippen LogP contribution in [-0.2, 0) is 16.5 Å². The molecule has 0 aliphatic carbocycles. The van der Waals surface area contributed by atoms with Crippen LogP contribution in [0.5, 0.6) is 5.75 Å². The lowest BCUT2D eigenvalue weighted by atomic mass is 10.1. The molecule has 0 fully saturated rings. The zero-order chi connectivity index (χ0) is 17.2. The minimum absolute atomic E-state index is 0.0805. The highest BCUT2D eigenvalue weighted by Crippen LogP contribution is 2.23. The molecule has 0 saturated heterocycles. The van der Waals surface area contributed by atoms with Crippen molar-refractivity contribution in [1.82, 2.24) is 0 Å². The Morgan fingerprint density at radius 2 is 1.71 bits per heavy atom. The fourth-order valence-electron chi connectivity index (χ4n) is 2.38. The van der Waals surface area contributed by atoms with Crippen LogP contribution < -0.4 is 9.81 Å². The van der Waals surface area contributed by atoms with Crippen LogP contribution >= 0.6 is 0 Å². The van der Waals surface area contributed by atoms with Crippen LogP contribution in [0.2, 0.25) is 0 Å². The summed E-state index contributed by atoms with van der Waals surface area (Å²) in [5.41, 5.74) is 0.839. The maximum atomic E-state index is 12.4. The summed E-state index contributed by atoms with van der Waals surface area (Å²) in [6, 6.07) is 14.1. The monoisotopic (exact) mass is 344 g/mol. The van der Waals surface area contributed by atoms with Gasteiger partial charge in [0.25, 0.3) is 0 Å². The molecular formula is C18H16O5S. The maximum Gasteiger partial charge on any atom is 0.339 e. The van der Waals surface area contributed by atoms with Gasteiger partial charge in [-0.15, -0.1) is 0 Å². The SMILES string of the molecule is CCCc1ccc(S(=O)(=O)Oc2ccc3ccc(=O)oc3c2)cc1. The van der Waals surface area contributed by atoms with Gasteiger partial charge in [-0.05, 0) is 42.3 Å².